The molecular weight excluding hydrogens is 200 g/mol. The van der Waals surface area contributed by atoms with Crippen LogP contribution >= 0.6 is 0 Å². The summed E-state index contributed by atoms with van der Waals surface area (Å²) in [6.07, 6.45) is 1.84. The highest BCUT2D eigenvalue weighted by molar-refractivity contribution is 5.90. The summed E-state index contributed by atoms with van der Waals surface area (Å²) in [4.78, 5) is 12.3. The Morgan fingerprint density at radius 3 is 2.06 bits per heavy atom. The number of ketones is 1. The summed E-state index contributed by atoms with van der Waals surface area (Å²) in [5.74, 6) is 0.493. The van der Waals surface area contributed by atoms with Crippen molar-refractivity contribution >= 4 is 5.78 Å². The van der Waals surface area contributed by atoms with Crippen LogP contribution in [-0.2, 0) is 4.79 Å². The highest BCUT2D eigenvalue weighted by Crippen LogP contribution is 2.23. The van der Waals surface area contributed by atoms with Gasteiger partial charge in [0.1, 0.15) is 0 Å². The number of hydrogen-bond donors (Lipinski definition) is 2. The van der Waals surface area contributed by atoms with Gasteiger partial charge in [0.15, 0.2) is 5.78 Å². The largest absolute Gasteiger partial charge is 0.317 e. The van der Waals surface area contributed by atoms with Gasteiger partial charge in [-0.2, -0.15) is 0 Å². The lowest BCUT2D eigenvalue weighted by Crippen LogP contribution is -2.60. The summed E-state index contributed by atoms with van der Waals surface area (Å²) < 4.78 is 0. The van der Waals surface area contributed by atoms with Crippen LogP contribution < -0.4 is 10.6 Å². The molecule has 0 bridgehead atoms. The molecule has 0 unspecified atom stereocenters. The summed E-state index contributed by atoms with van der Waals surface area (Å²) in [6.45, 7) is 10.1. The Morgan fingerprint density at radius 1 is 1.19 bits per heavy atom. The van der Waals surface area contributed by atoms with Crippen molar-refractivity contribution in [2.75, 3.05) is 13.1 Å². The van der Waals surface area contributed by atoms with Gasteiger partial charge in [0.2, 0.25) is 0 Å². The van der Waals surface area contributed by atoms with Gasteiger partial charge in [-0.15, -0.1) is 0 Å². The van der Waals surface area contributed by atoms with Gasteiger partial charge in [-0.1, -0.05) is 21.3 Å². The van der Waals surface area contributed by atoms with Crippen LogP contribution in [-0.4, -0.2) is 30.5 Å². The molecule has 16 heavy (non-hydrogen) atoms. The van der Waals surface area contributed by atoms with E-state index in [1.807, 2.05) is 13.8 Å². The third-order valence-electron chi connectivity index (χ3n) is 3.02. The summed E-state index contributed by atoms with van der Waals surface area (Å²) in [6, 6.07) is 0.366. The molecule has 3 nitrogen and oxygen atoms in total. The van der Waals surface area contributed by atoms with Crippen LogP contribution in [0.25, 0.3) is 0 Å². The van der Waals surface area contributed by atoms with E-state index >= 15 is 0 Å². The van der Waals surface area contributed by atoms with Gasteiger partial charge in [-0.3, -0.25) is 4.79 Å². The minimum atomic E-state index is -0.270. The number of carbonyl (C=O) groups excluding carboxylic acids is 1. The molecule has 0 atom stereocenters. The number of Topliss-reactive ketones (excluding diaryl/α,β-unsaturated/α-hetero) is 1. The van der Waals surface area contributed by atoms with Crippen LogP contribution in [0.4, 0.5) is 0 Å². The van der Waals surface area contributed by atoms with Crippen molar-refractivity contribution < 1.29 is 4.79 Å². The van der Waals surface area contributed by atoms with E-state index < -0.39 is 0 Å². The molecule has 3 heteroatoms. The van der Waals surface area contributed by atoms with E-state index in [1.54, 1.807) is 0 Å². The van der Waals surface area contributed by atoms with E-state index in [4.69, 9.17) is 0 Å². The van der Waals surface area contributed by atoms with Crippen LogP contribution in [0.3, 0.4) is 0 Å². The minimum Gasteiger partial charge on any atom is -0.317 e. The van der Waals surface area contributed by atoms with Crippen LogP contribution in [0.1, 0.15) is 48.0 Å². The van der Waals surface area contributed by atoms with Gasteiger partial charge in [-0.25, -0.2) is 0 Å². The topological polar surface area (TPSA) is 41.1 Å². The minimum absolute atomic E-state index is 0. The zero-order chi connectivity index (χ0) is 11.5. The van der Waals surface area contributed by atoms with E-state index in [-0.39, 0.29) is 18.9 Å². The lowest BCUT2D eigenvalue weighted by atomic mass is 9.79. The molecule has 1 fully saturated rings. The fourth-order valence-electron chi connectivity index (χ4n) is 2.42. The molecular formula is C13H28N2O. The highest BCUT2D eigenvalue weighted by atomic mass is 16.1. The van der Waals surface area contributed by atoms with E-state index in [0.717, 1.165) is 25.9 Å². The Labute approximate surface area is 100 Å². The first kappa shape index (κ1) is 15.6. The van der Waals surface area contributed by atoms with E-state index in [1.165, 1.54) is 0 Å². The lowest BCUT2D eigenvalue weighted by molar-refractivity contribution is -0.130. The molecule has 1 aliphatic rings. The standard InChI is InChI=1S/C12H24N2O.CH4/c1-9(2)11(15)12(14-10(3)4)5-7-13-8-6-12;/h9-10,13-14H,5-8H2,1-4H3;1H4. The van der Waals surface area contributed by atoms with Crippen molar-refractivity contribution in [3.05, 3.63) is 0 Å². The third kappa shape index (κ3) is 3.56. The molecule has 1 rings (SSSR count). The maximum absolute atomic E-state index is 12.3. The second kappa shape index (κ2) is 6.36. The Bertz CT molecular complexity index is 218. The monoisotopic (exact) mass is 228 g/mol. The third-order valence-corrected chi connectivity index (χ3v) is 3.02. The zero-order valence-electron chi connectivity index (χ0n) is 10.4. The average Bonchev–Trinajstić information content (AvgIpc) is 2.16. The van der Waals surface area contributed by atoms with Gasteiger partial charge in [0, 0.05) is 12.0 Å². The van der Waals surface area contributed by atoms with Gasteiger partial charge in [-0.05, 0) is 39.8 Å². The number of piperidine rings is 1. The van der Waals surface area contributed by atoms with Crippen LogP contribution in [0, 0.1) is 5.92 Å². The van der Waals surface area contributed by atoms with Gasteiger partial charge in [0.05, 0.1) is 5.54 Å². The number of carbonyl (C=O) groups is 1. The quantitative estimate of drug-likeness (QED) is 0.773. The summed E-state index contributed by atoms with van der Waals surface area (Å²) in [5.41, 5.74) is -0.270. The lowest BCUT2D eigenvalue weighted by Gasteiger charge is -2.40. The Hall–Kier alpha value is -0.410. The van der Waals surface area contributed by atoms with Gasteiger partial charge < -0.3 is 10.6 Å². The van der Waals surface area contributed by atoms with Crippen LogP contribution in [0.2, 0.25) is 0 Å². The van der Waals surface area contributed by atoms with Crippen molar-refractivity contribution in [3.63, 3.8) is 0 Å². The van der Waals surface area contributed by atoms with E-state index in [2.05, 4.69) is 24.5 Å². The zero-order valence-corrected chi connectivity index (χ0v) is 10.4. The summed E-state index contributed by atoms with van der Waals surface area (Å²) in [7, 11) is 0. The Balaban J connectivity index is 0.00000225. The fraction of sp³-hybridized carbons (Fsp3) is 0.923. The predicted molar refractivity (Wildman–Crippen MR) is 69.7 cm³/mol. The first-order chi connectivity index (χ1) is 6.98. The predicted octanol–water partition coefficient (Wildman–Crippen LogP) is 1.97. The summed E-state index contributed by atoms with van der Waals surface area (Å²) >= 11 is 0. The molecule has 1 heterocycles. The van der Waals surface area contributed by atoms with E-state index in [9.17, 15) is 4.79 Å². The molecule has 0 amide bonds. The van der Waals surface area contributed by atoms with Crippen LogP contribution in [0.5, 0.6) is 0 Å². The molecule has 0 saturated carbocycles. The molecule has 0 aliphatic carbocycles. The van der Waals surface area contributed by atoms with Crippen molar-refractivity contribution in [1.29, 1.82) is 0 Å². The summed E-state index contributed by atoms with van der Waals surface area (Å²) in [5, 5.41) is 6.80. The molecule has 0 aromatic carbocycles. The molecule has 0 aromatic heterocycles. The first-order valence-electron chi connectivity index (χ1n) is 6.01. The molecule has 1 saturated heterocycles. The van der Waals surface area contributed by atoms with Crippen molar-refractivity contribution in [3.8, 4) is 0 Å². The first-order valence-corrected chi connectivity index (χ1v) is 6.01. The molecule has 2 N–H and O–H groups in total. The normalized spacial score (nSPS) is 19.6. The van der Waals surface area contributed by atoms with Crippen LogP contribution in [0.15, 0.2) is 0 Å². The maximum Gasteiger partial charge on any atom is 0.155 e. The number of hydrogen-bond acceptors (Lipinski definition) is 3. The molecule has 1 aliphatic heterocycles. The molecule has 0 radical (unpaired) electrons. The SMILES string of the molecule is C.CC(C)NC1(C(=O)C(C)C)CCNCC1. The van der Waals surface area contributed by atoms with Crippen molar-refractivity contribution in [2.24, 2.45) is 5.92 Å². The second-order valence-corrected chi connectivity index (χ2v) is 5.15. The smallest absolute Gasteiger partial charge is 0.155 e. The van der Waals surface area contributed by atoms with Gasteiger partial charge >= 0.3 is 0 Å². The van der Waals surface area contributed by atoms with Crippen molar-refractivity contribution in [2.45, 2.75) is 59.5 Å². The molecule has 0 aromatic rings. The van der Waals surface area contributed by atoms with Crippen molar-refractivity contribution in [1.82, 2.24) is 10.6 Å². The maximum atomic E-state index is 12.3. The highest BCUT2D eigenvalue weighted by Gasteiger charge is 2.40. The number of rotatable bonds is 4. The Kier molecular flexibility index (Phi) is 6.19. The fourth-order valence-corrected chi connectivity index (χ4v) is 2.42. The van der Waals surface area contributed by atoms with E-state index in [0.29, 0.717) is 11.8 Å². The van der Waals surface area contributed by atoms with Gasteiger partial charge in [0.25, 0.3) is 0 Å². The molecule has 0 spiro atoms. The second-order valence-electron chi connectivity index (χ2n) is 5.15. The average molecular weight is 228 g/mol. The Morgan fingerprint density at radius 2 is 1.69 bits per heavy atom. The number of nitrogens with one attached hydrogen (secondary N) is 2. The molecule has 96 valence electrons.